The van der Waals surface area contributed by atoms with Crippen LogP contribution in [0.5, 0.6) is 23.0 Å². The molecule has 0 unspecified atom stereocenters. The maximum absolute atomic E-state index is 15.3. The zero-order valence-electron chi connectivity index (χ0n) is 22.8. The average molecular weight is 513 g/mol. The molecule has 0 heterocycles. The summed E-state index contributed by atoms with van der Waals surface area (Å²) in [7, 11) is 0. The molecule has 0 saturated carbocycles. The first-order valence-electron chi connectivity index (χ1n) is 13.0. The highest BCUT2D eigenvalue weighted by molar-refractivity contribution is 5.78. The van der Waals surface area contributed by atoms with Gasteiger partial charge in [0.25, 0.3) is 0 Å². The van der Waals surface area contributed by atoms with E-state index in [2.05, 4.69) is 0 Å². The van der Waals surface area contributed by atoms with Crippen LogP contribution in [0.15, 0.2) is 36.4 Å². The van der Waals surface area contributed by atoms with Crippen molar-refractivity contribution in [3.05, 3.63) is 70.3 Å². The smallest absolute Gasteiger partial charge is 0.134 e. The summed E-state index contributed by atoms with van der Waals surface area (Å²) in [5.74, 6) is 0.730. The lowest BCUT2D eigenvalue weighted by Gasteiger charge is -2.19. The minimum absolute atomic E-state index is 0.130. The molecule has 0 aliphatic heterocycles. The van der Waals surface area contributed by atoms with Crippen LogP contribution in [0, 0.1) is 32.4 Å². The van der Waals surface area contributed by atoms with E-state index in [1.165, 1.54) is 17.7 Å². The SMILES string of the molecule is CCCOc1cc(OCCC)c(-c2cc(F)c(COc3cc(C)c(C)c(C)c3)c(F)c2)c(OCCC)c1. The molecule has 0 amide bonds. The van der Waals surface area contributed by atoms with Crippen LogP contribution >= 0.6 is 0 Å². The average Bonchev–Trinajstić information content (AvgIpc) is 2.87. The molecule has 37 heavy (non-hydrogen) atoms. The fourth-order valence-corrected chi connectivity index (χ4v) is 3.93. The van der Waals surface area contributed by atoms with Crippen molar-refractivity contribution in [3.8, 4) is 34.1 Å². The van der Waals surface area contributed by atoms with Crippen LogP contribution in [0.4, 0.5) is 8.78 Å². The molecule has 6 heteroatoms. The van der Waals surface area contributed by atoms with Crippen LogP contribution in [0.25, 0.3) is 11.1 Å². The summed E-state index contributed by atoms with van der Waals surface area (Å²) in [6.45, 7) is 13.2. The van der Waals surface area contributed by atoms with E-state index in [-0.39, 0.29) is 12.2 Å². The first-order valence-corrected chi connectivity index (χ1v) is 13.0. The highest BCUT2D eigenvalue weighted by atomic mass is 19.1. The van der Waals surface area contributed by atoms with E-state index in [9.17, 15) is 0 Å². The molecule has 0 N–H and O–H groups in total. The lowest BCUT2D eigenvalue weighted by molar-refractivity contribution is 0.288. The van der Waals surface area contributed by atoms with Gasteiger partial charge in [0.1, 0.15) is 41.2 Å². The summed E-state index contributed by atoms with van der Waals surface area (Å²) in [6.07, 6.45) is 2.41. The van der Waals surface area contributed by atoms with Crippen LogP contribution in [-0.2, 0) is 6.61 Å². The van der Waals surface area contributed by atoms with Gasteiger partial charge in [-0.2, -0.15) is 0 Å². The van der Waals surface area contributed by atoms with Crippen LogP contribution < -0.4 is 18.9 Å². The van der Waals surface area contributed by atoms with Gasteiger partial charge in [-0.25, -0.2) is 8.78 Å². The zero-order valence-corrected chi connectivity index (χ0v) is 22.8. The Balaban J connectivity index is 2.00. The molecule has 200 valence electrons. The molecule has 0 spiro atoms. The zero-order chi connectivity index (χ0) is 26.9. The van der Waals surface area contributed by atoms with Crippen molar-refractivity contribution in [2.45, 2.75) is 67.4 Å². The van der Waals surface area contributed by atoms with Gasteiger partial charge in [-0.3, -0.25) is 0 Å². The van der Waals surface area contributed by atoms with E-state index in [0.29, 0.717) is 53.9 Å². The molecule has 4 nitrogen and oxygen atoms in total. The van der Waals surface area contributed by atoms with Gasteiger partial charge in [0.15, 0.2) is 0 Å². The second kappa shape index (κ2) is 13.3. The Kier molecular flexibility index (Phi) is 10.2. The van der Waals surface area contributed by atoms with Crippen molar-refractivity contribution >= 4 is 0 Å². The minimum Gasteiger partial charge on any atom is -0.493 e. The second-order valence-electron chi connectivity index (χ2n) is 9.23. The maximum atomic E-state index is 15.3. The molecule has 3 rings (SSSR count). The molecule has 3 aromatic rings. The second-order valence-corrected chi connectivity index (χ2v) is 9.23. The van der Waals surface area contributed by atoms with Gasteiger partial charge in [-0.05, 0) is 86.6 Å². The van der Waals surface area contributed by atoms with E-state index in [4.69, 9.17) is 18.9 Å². The number of hydrogen-bond acceptors (Lipinski definition) is 4. The molecule has 0 radical (unpaired) electrons. The molecular weight excluding hydrogens is 474 g/mol. The van der Waals surface area contributed by atoms with Gasteiger partial charge in [0.05, 0.1) is 30.9 Å². The maximum Gasteiger partial charge on any atom is 0.134 e. The molecule has 3 aromatic carbocycles. The highest BCUT2D eigenvalue weighted by Gasteiger charge is 2.21. The molecule has 0 bridgehead atoms. The van der Waals surface area contributed by atoms with Crippen LogP contribution in [0.2, 0.25) is 0 Å². The van der Waals surface area contributed by atoms with Gasteiger partial charge in [-0.15, -0.1) is 0 Å². The number of halogens is 2. The summed E-state index contributed by atoms with van der Waals surface area (Å²) in [6, 6.07) is 9.90. The van der Waals surface area contributed by atoms with Crippen LogP contribution in [0.3, 0.4) is 0 Å². The third-order valence-corrected chi connectivity index (χ3v) is 6.15. The highest BCUT2D eigenvalue weighted by Crippen LogP contribution is 2.43. The molecule has 0 atom stereocenters. The number of hydrogen-bond donors (Lipinski definition) is 0. The standard InChI is InChI=1S/C31H38F2O4/c1-7-10-34-25-17-29(35-11-8-2)31(30(18-25)36-12-9-3)23-15-27(32)26(28(33)16-23)19-37-24-13-20(4)22(6)21(5)14-24/h13-18H,7-12,19H2,1-6H3. The Bertz CT molecular complexity index is 1130. The predicted molar refractivity (Wildman–Crippen MR) is 144 cm³/mol. The van der Waals surface area contributed by atoms with Crippen molar-refractivity contribution in [1.82, 2.24) is 0 Å². The van der Waals surface area contributed by atoms with E-state index in [0.717, 1.165) is 30.4 Å². The Labute approximate surface area is 219 Å². The van der Waals surface area contributed by atoms with E-state index in [1.54, 1.807) is 12.1 Å². The summed E-state index contributed by atoms with van der Waals surface area (Å²) in [5, 5.41) is 0. The molecule has 0 aliphatic rings. The van der Waals surface area contributed by atoms with Gasteiger partial charge in [0.2, 0.25) is 0 Å². The molecule has 0 fully saturated rings. The van der Waals surface area contributed by atoms with E-state index in [1.807, 2.05) is 53.7 Å². The summed E-state index contributed by atoms with van der Waals surface area (Å²) in [4.78, 5) is 0. The number of benzene rings is 3. The molecule has 0 aliphatic carbocycles. The topological polar surface area (TPSA) is 36.9 Å². The van der Waals surface area contributed by atoms with Gasteiger partial charge in [-0.1, -0.05) is 20.8 Å². The lowest BCUT2D eigenvalue weighted by Crippen LogP contribution is -2.06. The largest absolute Gasteiger partial charge is 0.493 e. The third-order valence-electron chi connectivity index (χ3n) is 6.15. The molecule has 0 saturated heterocycles. The Morgan fingerprint density at radius 1 is 0.595 bits per heavy atom. The van der Waals surface area contributed by atoms with Gasteiger partial charge >= 0.3 is 0 Å². The van der Waals surface area contributed by atoms with E-state index < -0.39 is 11.6 Å². The molecule has 0 aromatic heterocycles. The Morgan fingerprint density at radius 2 is 1.05 bits per heavy atom. The van der Waals surface area contributed by atoms with Crippen molar-refractivity contribution in [1.29, 1.82) is 0 Å². The monoisotopic (exact) mass is 512 g/mol. The van der Waals surface area contributed by atoms with Crippen molar-refractivity contribution in [2.75, 3.05) is 19.8 Å². The van der Waals surface area contributed by atoms with Crippen molar-refractivity contribution in [2.24, 2.45) is 0 Å². The summed E-state index contributed by atoms with van der Waals surface area (Å²) < 4.78 is 54.2. The summed E-state index contributed by atoms with van der Waals surface area (Å²) >= 11 is 0. The van der Waals surface area contributed by atoms with Crippen LogP contribution in [0.1, 0.15) is 62.3 Å². The number of aryl methyl sites for hydroxylation is 2. The Hall–Kier alpha value is -3.28. The van der Waals surface area contributed by atoms with E-state index >= 15 is 8.78 Å². The first-order chi connectivity index (χ1) is 17.8. The fourth-order valence-electron chi connectivity index (χ4n) is 3.93. The normalized spacial score (nSPS) is 10.9. The summed E-state index contributed by atoms with van der Waals surface area (Å²) in [5.41, 5.74) is 4.01. The number of ether oxygens (including phenoxy) is 4. The van der Waals surface area contributed by atoms with Crippen molar-refractivity contribution in [3.63, 3.8) is 0 Å². The Morgan fingerprint density at radius 3 is 1.54 bits per heavy atom. The van der Waals surface area contributed by atoms with Gasteiger partial charge < -0.3 is 18.9 Å². The minimum atomic E-state index is -0.690. The predicted octanol–water partition coefficient (Wildman–Crippen LogP) is 8.50. The lowest BCUT2D eigenvalue weighted by atomic mass is 10.0. The molecular formula is C31H38F2O4. The quantitative estimate of drug-likeness (QED) is 0.230. The fraction of sp³-hybridized carbons (Fsp3) is 0.419. The number of rotatable bonds is 13. The first kappa shape index (κ1) is 28.3. The van der Waals surface area contributed by atoms with Crippen LogP contribution in [-0.4, -0.2) is 19.8 Å². The third kappa shape index (κ3) is 7.15. The van der Waals surface area contributed by atoms with Crippen molar-refractivity contribution < 1.29 is 27.7 Å². The van der Waals surface area contributed by atoms with Gasteiger partial charge in [0, 0.05) is 12.1 Å².